The normalized spacial score (nSPS) is 21.6. The number of allylic oxidation sites excluding steroid dienone is 1. The maximum Gasteiger partial charge on any atom is 0.233 e. The van der Waals surface area contributed by atoms with Crippen molar-refractivity contribution in [2.75, 3.05) is 34.4 Å². The van der Waals surface area contributed by atoms with Crippen molar-refractivity contribution < 1.29 is 48.1 Å². The van der Waals surface area contributed by atoms with E-state index in [0.29, 0.717) is 30.4 Å². The van der Waals surface area contributed by atoms with Crippen LogP contribution in [-0.4, -0.2) is 82.7 Å². The fraction of sp³-hybridized carbons (Fsp3) is 0.406. The van der Waals surface area contributed by atoms with Crippen molar-refractivity contribution in [3.8, 4) is 28.7 Å². The van der Waals surface area contributed by atoms with E-state index in [9.17, 15) is 24.6 Å². The third-order valence-corrected chi connectivity index (χ3v) is 9.33. The molecule has 1 fully saturated rings. The Balaban J connectivity index is 1.43. The number of aromatic hydroxyl groups is 1. The van der Waals surface area contributed by atoms with Gasteiger partial charge in [-0.1, -0.05) is 29.7 Å². The lowest BCUT2D eigenvalue weighted by Crippen LogP contribution is -2.53. The summed E-state index contributed by atoms with van der Waals surface area (Å²) in [7, 11) is 4.13. The van der Waals surface area contributed by atoms with Gasteiger partial charge < -0.3 is 38.6 Å². The number of carbonyl (C=O) groups excluding carboxylic acids is 3. The highest BCUT2D eigenvalue weighted by Crippen LogP contribution is 2.56. The monoisotopic (exact) mass is 653 g/mol. The van der Waals surface area contributed by atoms with Gasteiger partial charge in [-0.15, -0.1) is 0 Å². The molecule has 3 atom stereocenters. The molecule has 1 aromatic heterocycles. The number of aromatic nitrogens is 2. The summed E-state index contributed by atoms with van der Waals surface area (Å²) < 4.78 is 27.6. The Morgan fingerprint density at radius 2 is 1.80 bits per heavy atom. The molecule has 3 aliphatic rings. The minimum atomic E-state index is -2.03. The van der Waals surface area contributed by atoms with Crippen molar-refractivity contribution in [2.45, 2.75) is 44.1 Å². The van der Waals surface area contributed by atoms with Crippen LogP contribution in [0.25, 0.3) is 0 Å². The second kappa shape index (κ2) is 11.5. The minimum Gasteiger partial charge on any atom is -0.507 e. The van der Waals surface area contributed by atoms with Crippen LogP contribution >= 0.6 is 11.6 Å². The van der Waals surface area contributed by atoms with Crippen LogP contribution in [0.5, 0.6) is 28.7 Å². The van der Waals surface area contributed by atoms with Gasteiger partial charge in [-0.05, 0) is 24.6 Å². The lowest BCUT2D eigenvalue weighted by molar-refractivity contribution is -0.136. The number of halogens is 1. The number of amides is 1. The molecule has 14 heteroatoms. The summed E-state index contributed by atoms with van der Waals surface area (Å²) in [4.78, 5) is 47.7. The second-order valence-electron chi connectivity index (χ2n) is 11.6. The first-order valence-corrected chi connectivity index (χ1v) is 14.9. The molecular weight excluding hydrogens is 622 g/mol. The van der Waals surface area contributed by atoms with Crippen molar-refractivity contribution >= 4 is 29.1 Å². The maximum absolute atomic E-state index is 14.3. The molecule has 3 heterocycles. The average Bonchev–Trinajstić information content (AvgIpc) is 3.57. The summed E-state index contributed by atoms with van der Waals surface area (Å²) in [5, 5.41) is 26.2. The molecule has 0 saturated carbocycles. The molecular formula is C32H32ClN3O10. The van der Waals surface area contributed by atoms with E-state index in [1.165, 1.54) is 45.6 Å². The Morgan fingerprint density at radius 1 is 1.11 bits per heavy atom. The highest BCUT2D eigenvalue weighted by Gasteiger charge is 2.61. The number of hydrogen-bond acceptors (Lipinski definition) is 12. The number of ketones is 2. The number of aryl methyl sites for hydroxylation is 1. The van der Waals surface area contributed by atoms with E-state index in [4.69, 9.17) is 35.1 Å². The van der Waals surface area contributed by atoms with Gasteiger partial charge in [-0.2, -0.15) is 4.98 Å². The van der Waals surface area contributed by atoms with Gasteiger partial charge in [-0.3, -0.25) is 14.4 Å². The lowest BCUT2D eigenvalue weighted by atomic mass is 9.69. The number of aliphatic hydroxyl groups excluding tert-OH is 1. The number of fused-ring (bicyclic) bond motifs is 1. The number of Topliss-reactive ketones (excluding diaryl/α,β-unsaturated/α-hetero) is 2. The molecule has 1 spiro atoms. The molecule has 0 radical (unpaired) electrons. The fourth-order valence-electron chi connectivity index (χ4n) is 6.46. The molecule has 2 aliphatic heterocycles. The van der Waals surface area contributed by atoms with Gasteiger partial charge in [0.15, 0.2) is 34.6 Å². The van der Waals surface area contributed by atoms with E-state index in [-0.39, 0.29) is 69.6 Å². The van der Waals surface area contributed by atoms with Gasteiger partial charge in [0.25, 0.3) is 0 Å². The number of aliphatic hydroxyl groups is 1. The molecule has 242 valence electrons. The lowest BCUT2D eigenvalue weighted by Gasteiger charge is -2.40. The summed E-state index contributed by atoms with van der Waals surface area (Å²) in [6.07, 6.45) is -0.434. The molecule has 3 aromatic rings. The summed E-state index contributed by atoms with van der Waals surface area (Å²) in [5.74, 6) is -2.93. The Hall–Kier alpha value is -4.78. The van der Waals surface area contributed by atoms with Gasteiger partial charge in [0.05, 0.1) is 27.2 Å². The largest absolute Gasteiger partial charge is 0.507 e. The molecule has 1 amide bonds. The SMILES string of the molecule is COc1cc(C(CC(=O)N2CC(c3nc(C)no3)C2)C2=C(O)C3(Oc4c(Cl)c(OC)cc(OC)c4C3=O)C(C)CC2=O)ccc1O. The van der Waals surface area contributed by atoms with Gasteiger partial charge in [0, 0.05) is 49.4 Å². The molecule has 6 rings (SSSR count). The van der Waals surface area contributed by atoms with E-state index in [1.54, 1.807) is 18.7 Å². The number of rotatable bonds is 8. The smallest absolute Gasteiger partial charge is 0.233 e. The number of benzene rings is 2. The molecule has 1 aliphatic carbocycles. The van der Waals surface area contributed by atoms with Crippen molar-refractivity contribution in [1.82, 2.24) is 15.0 Å². The van der Waals surface area contributed by atoms with Gasteiger partial charge in [0.2, 0.25) is 23.2 Å². The Bertz CT molecular complexity index is 1800. The van der Waals surface area contributed by atoms with E-state index >= 15 is 0 Å². The van der Waals surface area contributed by atoms with E-state index < -0.39 is 34.8 Å². The van der Waals surface area contributed by atoms with Crippen LogP contribution in [0.4, 0.5) is 0 Å². The number of phenolic OH excluding ortho intramolecular Hbond substituents is 1. The number of likely N-dealkylation sites (tertiary alicyclic amines) is 1. The fourth-order valence-corrected chi connectivity index (χ4v) is 6.72. The topological polar surface area (TPSA) is 171 Å². The molecule has 1 saturated heterocycles. The number of hydrogen-bond donors (Lipinski definition) is 2. The van der Waals surface area contributed by atoms with Gasteiger partial charge in [-0.25, -0.2) is 0 Å². The predicted molar refractivity (Wildman–Crippen MR) is 161 cm³/mol. The van der Waals surface area contributed by atoms with Crippen molar-refractivity contribution in [2.24, 2.45) is 5.92 Å². The predicted octanol–water partition coefficient (Wildman–Crippen LogP) is 4.30. The average molecular weight is 654 g/mol. The third kappa shape index (κ3) is 4.72. The van der Waals surface area contributed by atoms with Crippen molar-refractivity contribution in [1.29, 1.82) is 0 Å². The number of nitrogens with zero attached hydrogens (tertiary/aromatic N) is 3. The van der Waals surface area contributed by atoms with Crippen LogP contribution in [-0.2, 0) is 9.59 Å². The number of methoxy groups -OCH3 is 3. The van der Waals surface area contributed by atoms with Crippen molar-refractivity contribution in [3.63, 3.8) is 0 Å². The third-order valence-electron chi connectivity index (χ3n) is 8.97. The molecule has 46 heavy (non-hydrogen) atoms. The summed E-state index contributed by atoms with van der Waals surface area (Å²) >= 11 is 6.58. The van der Waals surface area contributed by atoms with Gasteiger partial charge >= 0.3 is 0 Å². The quantitative estimate of drug-likeness (QED) is 0.354. The van der Waals surface area contributed by atoms with E-state index in [2.05, 4.69) is 10.1 Å². The number of ether oxygens (including phenoxy) is 4. The zero-order valence-electron chi connectivity index (χ0n) is 25.7. The Kier molecular flexibility index (Phi) is 7.83. The van der Waals surface area contributed by atoms with Crippen LogP contribution in [0, 0.1) is 12.8 Å². The minimum absolute atomic E-state index is 0.000696. The zero-order chi connectivity index (χ0) is 33.1. The molecule has 0 bridgehead atoms. The molecule has 3 unspecified atom stereocenters. The number of carbonyl (C=O) groups is 3. The van der Waals surface area contributed by atoms with Gasteiger partial charge in [0.1, 0.15) is 22.1 Å². The van der Waals surface area contributed by atoms with Crippen LogP contribution < -0.4 is 18.9 Å². The first-order chi connectivity index (χ1) is 21.9. The molecule has 2 aromatic carbocycles. The zero-order valence-corrected chi connectivity index (χ0v) is 26.5. The van der Waals surface area contributed by atoms with Crippen LogP contribution in [0.3, 0.4) is 0 Å². The second-order valence-corrected chi connectivity index (χ2v) is 12.0. The van der Waals surface area contributed by atoms with Crippen LogP contribution in [0.15, 0.2) is 40.1 Å². The first-order valence-electron chi connectivity index (χ1n) is 14.5. The van der Waals surface area contributed by atoms with Crippen LogP contribution in [0.2, 0.25) is 5.02 Å². The highest BCUT2D eigenvalue weighted by atomic mass is 35.5. The highest BCUT2D eigenvalue weighted by molar-refractivity contribution is 6.35. The molecule has 2 N–H and O–H groups in total. The molecule has 13 nitrogen and oxygen atoms in total. The first kappa shape index (κ1) is 31.2. The maximum atomic E-state index is 14.3. The summed E-state index contributed by atoms with van der Waals surface area (Å²) in [6.45, 7) is 3.97. The number of phenols is 1. The standard InChI is InChI=1S/C32H32ClN3O10/c1-14-8-20(38)25(29(40)32(14)30(41)26-22(43-4)11-23(44-5)27(33)28(26)45-32)18(16-6-7-19(37)21(9-16)42-3)10-24(39)36-12-17(13-36)31-34-15(2)35-46-31/h6-7,9,11,14,17-18,37,40H,8,10,12-13H2,1-5H3. The van der Waals surface area contributed by atoms with E-state index in [1.807, 2.05) is 0 Å². The van der Waals surface area contributed by atoms with Crippen LogP contribution in [0.1, 0.15) is 59.2 Å². The van der Waals surface area contributed by atoms with E-state index in [0.717, 1.165) is 0 Å². The summed E-state index contributed by atoms with van der Waals surface area (Å²) in [5.41, 5.74) is -1.80. The summed E-state index contributed by atoms with van der Waals surface area (Å²) in [6, 6.07) is 5.84. The Labute approximate surface area is 268 Å². The van der Waals surface area contributed by atoms with Crippen molar-refractivity contribution in [3.05, 3.63) is 63.5 Å². The Morgan fingerprint density at radius 3 is 2.43 bits per heavy atom.